The standard InChI is InChI=1S/C21H25ClO6S/c1-2-27-15-6-4-3-5-12(15)9-13-10-14(22)7-8-16(13)28-21-20(26)19(25)18(24)17(11-23)29-21/h3-8,10,17-21,23-26H,2,9,11H2,1H3. The minimum atomic E-state index is -1.41. The maximum absolute atomic E-state index is 10.3. The first-order chi connectivity index (χ1) is 13.9. The highest BCUT2D eigenvalue weighted by Crippen LogP contribution is 2.36. The van der Waals surface area contributed by atoms with E-state index in [0.29, 0.717) is 23.8 Å². The van der Waals surface area contributed by atoms with Gasteiger partial charge in [-0.1, -0.05) is 29.8 Å². The number of halogens is 1. The van der Waals surface area contributed by atoms with Gasteiger partial charge in [0.05, 0.1) is 24.6 Å². The van der Waals surface area contributed by atoms with Crippen molar-refractivity contribution in [2.45, 2.75) is 42.3 Å². The van der Waals surface area contributed by atoms with Crippen LogP contribution in [0.15, 0.2) is 42.5 Å². The summed E-state index contributed by atoms with van der Waals surface area (Å²) in [6.45, 7) is 2.12. The van der Waals surface area contributed by atoms with Crippen molar-refractivity contribution in [1.29, 1.82) is 0 Å². The molecule has 5 atom stereocenters. The highest BCUT2D eigenvalue weighted by molar-refractivity contribution is 8.00. The lowest BCUT2D eigenvalue weighted by Crippen LogP contribution is -2.55. The molecule has 0 amide bonds. The number of hydrogen-bond acceptors (Lipinski definition) is 7. The van der Waals surface area contributed by atoms with Gasteiger partial charge in [0.25, 0.3) is 0 Å². The Morgan fingerprint density at radius 3 is 2.45 bits per heavy atom. The summed E-state index contributed by atoms with van der Waals surface area (Å²) in [6.07, 6.45) is -3.46. The summed E-state index contributed by atoms with van der Waals surface area (Å²) < 4.78 is 11.7. The zero-order chi connectivity index (χ0) is 21.0. The Morgan fingerprint density at radius 1 is 0.966 bits per heavy atom. The predicted octanol–water partition coefficient (Wildman–Crippen LogP) is 2.22. The molecule has 1 saturated heterocycles. The number of rotatable bonds is 7. The van der Waals surface area contributed by atoms with E-state index in [2.05, 4.69) is 0 Å². The Labute approximate surface area is 179 Å². The Morgan fingerprint density at radius 2 is 1.72 bits per heavy atom. The Balaban J connectivity index is 1.86. The molecular weight excluding hydrogens is 416 g/mol. The van der Waals surface area contributed by atoms with Gasteiger partial charge in [-0.05, 0) is 36.8 Å². The lowest BCUT2D eigenvalue weighted by atomic mass is 10.0. The summed E-state index contributed by atoms with van der Waals surface area (Å²) in [5.74, 6) is 1.27. The van der Waals surface area contributed by atoms with E-state index in [1.165, 1.54) is 0 Å². The number of thioether (sulfide) groups is 1. The van der Waals surface area contributed by atoms with Crippen molar-refractivity contribution in [1.82, 2.24) is 0 Å². The summed E-state index contributed by atoms with van der Waals surface area (Å²) in [5.41, 5.74) is 0.897. The fraction of sp³-hybridized carbons (Fsp3) is 0.429. The van der Waals surface area contributed by atoms with Crippen LogP contribution in [0.2, 0.25) is 5.02 Å². The van der Waals surface area contributed by atoms with Crippen LogP contribution >= 0.6 is 23.4 Å². The van der Waals surface area contributed by atoms with E-state index >= 15 is 0 Å². The molecule has 0 bridgehead atoms. The average Bonchev–Trinajstić information content (AvgIpc) is 2.71. The number of benzene rings is 2. The van der Waals surface area contributed by atoms with Crippen LogP contribution < -0.4 is 9.47 Å². The molecule has 0 saturated carbocycles. The second kappa shape index (κ2) is 10.0. The van der Waals surface area contributed by atoms with Crippen LogP contribution in [0.4, 0.5) is 0 Å². The van der Waals surface area contributed by atoms with Gasteiger partial charge in [0.1, 0.15) is 23.7 Å². The van der Waals surface area contributed by atoms with E-state index in [-0.39, 0.29) is 6.61 Å². The van der Waals surface area contributed by atoms with Gasteiger partial charge >= 0.3 is 0 Å². The number of para-hydroxylation sites is 1. The van der Waals surface area contributed by atoms with Crippen LogP contribution in [0.5, 0.6) is 11.5 Å². The molecule has 8 heteroatoms. The van der Waals surface area contributed by atoms with E-state index in [9.17, 15) is 20.4 Å². The van der Waals surface area contributed by atoms with E-state index in [4.69, 9.17) is 21.1 Å². The fourth-order valence-corrected chi connectivity index (χ4v) is 4.67. The average molecular weight is 441 g/mol. The minimum absolute atomic E-state index is 0.343. The first-order valence-electron chi connectivity index (χ1n) is 9.41. The zero-order valence-corrected chi connectivity index (χ0v) is 17.5. The van der Waals surface area contributed by atoms with Crippen LogP contribution in [-0.4, -0.2) is 62.6 Å². The van der Waals surface area contributed by atoms with E-state index < -0.39 is 29.0 Å². The first kappa shape index (κ1) is 22.2. The SMILES string of the molecule is CCOc1ccccc1Cc1cc(Cl)ccc1OC1SC(CO)C(O)C(O)C1O. The summed E-state index contributed by atoms with van der Waals surface area (Å²) >= 11 is 7.28. The maximum Gasteiger partial charge on any atom is 0.173 e. The lowest BCUT2D eigenvalue weighted by Gasteiger charge is -2.39. The van der Waals surface area contributed by atoms with Crippen molar-refractivity contribution in [3.8, 4) is 11.5 Å². The van der Waals surface area contributed by atoms with E-state index in [1.807, 2.05) is 31.2 Å². The van der Waals surface area contributed by atoms with Crippen LogP contribution in [0.1, 0.15) is 18.1 Å². The topological polar surface area (TPSA) is 99.4 Å². The highest BCUT2D eigenvalue weighted by atomic mass is 35.5. The second-order valence-corrected chi connectivity index (χ2v) is 8.56. The van der Waals surface area contributed by atoms with Gasteiger partial charge in [-0.2, -0.15) is 0 Å². The number of hydrogen-bond donors (Lipinski definition) is 4. The molecule has 5 unspecified atom stereocenters. The zero-order valence-electron chi connectivity index (χ0n) is 15.9. The monoisotopic (exact) mass is 440 g/mol. The molecule has 2 aromatic rings. The molecule has 4 N–H and O–H groups in total. The molecule has 1 fully saturated rings. The van der Waals surface area contributed by atoms with Crippen molar-refractivity contribution < 1.29 is 29.9 Å². The smallest absolute Gasteiger partial charge is 0.173 e. The van der Waals surface area contributed by atoms with E-state index in [1.54, 1.807) is 18.2 Å². The summed E-state index contributed by atoms with van der Waals surface area (Å²) in [5, 5.41) is 39.8. The Bertz CT molecular complexity index is 818. The summed E-state index contributed by atoms with van der Waals surface area (Å²) in [4.78, 5) is 0. The van der Waals surface area contributed by atoms with Crippen LogP contribution in [0.25, 0.3) is 0 Å². The van der Waals surface area contributed by atoms with Gasteiger partial charge in [-0.25, -0.2) is 0 Å². The summed E-state index contributed by atoms with van der Waals surface area (Å²) in [6, 6.07) is 12.9. The van der Waals surface area contributed by atoms with Gasteiger partial charge in [-0.3, -0.25) is 0 Å². The van der Waals surface area contributed by atoms with Crippen LogP contribution in [0, 0.1) is 0 Å². The molecule has 1 aliphatic heterocycles. The van der Waals surface area contributed by atoms with Gasteiger partial charge in [0.15, 0.2) is 5.44 Å². The highest BCUT2D eigenvalue weighted by Gasteiger charge is 2.44. The van der Waals surface area contributed by atoms with Crippen molar-refractivity contribution in [2.24, 2.45) is 0 Å². The van der Waals surface area contributed by atoms with Crippen LogP contribution in [-0.2, 0) is 6.42 Å². The van der Waals surface area contributed by atoms with Crippen LogP contribution in [0.3, 0.4) is 0 Å². The number of aliphatic hydroxyl groups excluding tert-OH is 4. The third kappa shape index (κ3) is 5.17. The van der Waals surface area contributed by atoms with Gasteiger partial charge in [-0.15, -0.1) is 11.8 Å². The largest absolute Gasteiger partial charge is 0.494 e. The Hall–Kier alpha value is -1.48. The molecular formula is C21H25ClO6S. The molecule has 1 heterocycles. The molecule has 3 rings (SSSR count). The van der Waals surface area contributed by atoms with Gasteiger partial charge in [0.2, 0.25) is 0 Å². The maximum atomic E-state index is 10.3. The van der Waals surface area contributed by atoms with Crippen molar-refractivity contribution >= 4 is 23.4 Å². The van der Waals surface area contributed by atoms with Crippen molar-refractivity contribution in [3.63, 3.8) is 0 Å². The predicted molar refractivity (Wildman–Crippen MR) is 113 cm³/mol. The molecule has 0 aliphatic carbocycles. The Kier molecular flexibility index (Phi) is 7.67. The molecule has 29 heavy (non-hydrogen) atoms. The molecule has 0 aromatic heterocycles. The number of ether oxygens (including phenoxy) is 2. The van der Waals surface area contributed by atoms with Crippen molar-refractivity contribution in [2.75, 3.05) is 13.2 Å². The third-order valence-electron chi connectivity index (χ3n) is 4.77. The first-order valence-corrected chi connectivity index (χ1v) is 10.7. The molecule has 1 aliphatic rings. The molecule has 0 spiro atoms. The quantitative estimate of drug-likeness (QED) is 0.524. The third-order valence-corrected chi connectivity index (χ3v) is 6.42. The summed E-state index contributed by atoms with van der Waals surface area (Å²) in [7, 11) is 0. The molecule has 0 radical (unpaired) electrons. The fourth-order valence-electron chi connectivity index (χ4n) is 3.24. The molecule has 2 aromatic carbocycles. The number of aliphatic hydroxyl groups is 4. The lowest BCUT2D eigenvalue weighted by molar-refractivity contribution is -0.0910. The van der Waals surface area contributed by atoms with Crippen molar-refractivity contribution in [3.05, 3.63) is 58.6 Å². The second-order valence-electron chi connectivity index (χ2n) is 6.78. The van der Waals surface area contributed by atoms with Gasteiger partial charge < -0.3 is 29.9 Å². The van der Waals surface area contributed by atoms with Gasteiger partial charge in [0, 0.05) is 17.0 Å². The minimum Gasteiger partial charge on any atom is -0.494 e. The molecule has 6 nitrogen and oxygen atoms in total. The van der Waals surface area contributed by atoms with E-state index in [0.717, 1.165) is 28.6 Å². The normalized spacial score (nSPS) is 26.9. The molecule has 158 valence electrons.